The summed E-state index contributed by atoms with van der Waals surface area (Å²) in [5.41, 5.74) is 1.90. The van der Waals surface area contributed by atoms with Crippen LogP contribution in [0.2, 0.25) is 5.02 Å². The number of hydrogen-bond acceptors (Lipinski definition) is 5. The van der Waals surface area contributed by atoms with Crippen molar-refractivity contribution in [3.63, 3.8) is 0 Å². The summed E-state index contributed by atoms with van der Waals surface area (Å²) >= 11 is 7.91. The highest BCUT2D eigenvalue weighted by Crippen LogP contribution is 2.33. The maximum Gasteiger partial charge on any atom is 0.233 e. The number of anilines is 1. The lowest BCUT2D eigenvalue weighted by atomic mass is 10.1. The van der Waals surface area contributed by atoms with E-state index in [2.05, 4.69) is 20.4 Å². The molecule has 1 aliphatic rings. The SMILES string of the molecule is CC(Sc1nnc(N2CCCC2)n1-c1ccccc1Cl)C(=O)NC(C)c1ccccc1. The standard InChI is InChI=1S/C23H26ClN5OS/c1-16(18-10-4-3-5-11-18)25-21(30)17(2)31-23-27-26-22(28-14-8-9-15-28)29(23)20-13-7-6-12-19(20)24/h3-7,10-13,16-17H,8-9,14-15H2,1-2H3,(H,25,30). The molecule has 0 radical (unpaired) electrons. The third-order valence-corrected chi connectivity index (χ3v) is 6.77. The molecular formula is C23H26ClN5OS. The van der Waals surface area contributed by atoms with Gasteiger partial charge in [0.1, 0.15) is 0 Å². The lowest BCUT2D eigenvalue weighted by molar-refractivity contribution is -0.120. The van der Waals surface area contributed by atoms with Crippen molar-refractivity contribution in [1.82, 2.24) is 20.1 Å². The molecule has 0 aliphatic carbocycles. The van der Waals surface area contributed by atoms with E-state index in [9.17, 15) is 4.79 Å². The number of hydrogen-bond donors (Lipinski definition) is 1. The molecule has 1 saturated heterocycles. The Morgan fingerprint density at radius 1 is 1.03 bits per heavy atom. The van der Waals surface area contributed by atoms with Crippen LogP contribution in [0.1, 0.15) is 38.3 Å². The van der Waals surface area contributed by atoms with Crippen molar-refractivity contribution < 1.29 is 4.79 Å². The summed E-state index contributed by atoms with van der Waals surface area (Å²) in [7, 11) is 0. The van der Waals surface area contributed by atoms with Crippen LogP contribution in [0.4, 0.5) is 5.95 Å². The van der Waals surface area contributed by atoms with E-state index < -0.39 is 0 Å². The van der Waals surface area contributed by atoms with Crippen LogP contribution in [0.5, 0.6) is 0 Å². The largest absolute Gasteiger partial charge is 0.349 e. The average molecular weight is 456 g/mol. The summed E-state index contributed by atoms with van der Waals surface area (Å²) in [6, 6.07) is 17.5. The van der Waals surface area contributed by atoms with Gasteiger partial charge in [-0.15, -0.1) is 10.2 Å². The zero-order valence-electron chi connectivity index (χ0n) is 17.7. The minimum absolute atomic E-state index is 0.0437. The molecule has 0 saturated carbocycles. The molecule has 6 nitrogen and oxygen atoms in total. The van der Waals surface area contributed by atoms with Crippen LogP contribution in [-0.4, -0.2) is 39.0 Å². The van der Waals surface area contributed by atoms with E-state index in [-0.39, 0.29) is 17.2 Å². The summed E-state index contributed by atoms with van der Waals surface area (Å²) < 4.78 is 1.97. The Balaban J connectivity index is 1.56. The number of halogens is 1. The van der Waals surface area contributed by atoms with Crippen molar-refractivity contribution in [3.8, 4) is 5.69 Å². The van der Waals surface area contributed by atoms with Crippen molar-refractivity contribution in [2.24, 2.45) is 0 Å². The third kappa shape index (κ3) is 4.88. The molecule has 2 atom stereocenters. The van der Waals surface area contributed by atoms with Gasteiger partial charge < -0.3 is 10.2 Å². The predicted octanol–water partition coefficient (Wildman–Crippen LogP) is 4.88. The Morgan fingerprint density at radius 2 is 1.71 bits per heavy atom. The van der Waals surface area contributed by atoms with Gasteiger partial charge in [-0.2, -0.15) is 0 Å². The van der Waals surface area contributed by atoms with Gasteiger partial charge in [-0.25, -0.2) is 0 Å². The number of benzene rings is 2. The molecule has 1 aliphatic heterocycles. The number of amides is 1. The third-order valence-electron chi connectivity index (χ3n) is 5.41. The highest BCUT2D eigenvalue weighted by atomic mass is 35.5. The van der Waals surface area contributed by atoms with Crippen LogP contribution in [0.15, 0.2) is 59.8 Å². The Morgan fingerprint density at radius 3 is 2.42 bits per heavy atom. The molecular weight excluding hydrogens is 430 g/mol. The number of nitrogens with zero attached hydrogens (tertiary/aromatic N) is 4. The zero-order valence-corrected chi connectivity index (χ0v) is 19.2. The van der Waals surface area contributed by atoms with Gasteiger partial charge in [-0.05, 0) is 44.4 Å². The fourth-order valence-corrected chi connectivity index (χ4v) is 4.76. The number of thioether (sulfide) groups is 1. The van der Waals surface area contributed by atoms with Crippen LogP contribution in [0, 0.1) is 0 Å². The number of rotatable bonds is 7. The van der Waals surface area contributed by atoms with Crippen molar-refractivity contribution in [1.29, 1.82) is 0 Å². The fourth-order valence-electron chi connectivity index (χ4n) is 3.67. The lowest BCUT2D eigenvalue weighted by Crippen LogP contribution is -2.33. The van der Waals surface area contributed by atoms with E-state index in [1.165, 1.54) is 11.8 Å². The summed E-state index contributed by atoms with van der Waals surface area (Å²) in [6.07, 6.45) is 2.27. The second-order valence-electron chi connectivity index (χ2n) is 7.66. The molecule has 1 N–H and O–H groups in total. The van der Waals surface area contributed by atoms with E-state index >= 15 is 0 Å². The first kappa shape index (κ1) is 21.7. The molecule has 4 rings (SSSR count). The normalized spacial score (nSPS) is 15.6. The van der Waals surface area contributed by atoms with Crippen molar-refractivity contribution in [3.05, 3.63) is 65.2 Å². The Labute approximate surface area is 192 Å². The lowest BCUT2D eigenvalue weighted by Gasteiger charge is -2.20. The van der Waals surface area contributed by atoms with E-state index in [0.717, 1.165) is 43.1 Å². The average Bonchev–Trinajstić information content (AvgIpc) is 3.44. The van der Waals surface area contributed by atoms with E-state index in [4.69, 9.17) is 11.6 Å². The first-order chi connectivity index (χ1) is 15.0. The highest BCUT2D eigenvalue weighted by Gasteiger charge is 2.26. The molecule has 8 heteroatoms. The minimum Gasteiger partial charge on any atom is -0.349 e. The fraction of sp³-hybridized carbons (Fsp3) is 0.348. The number of nitrogens with one attached hydrogen (secondary N) is 1. The number of carbonyl (C=O) groups is 1. The quantitative estimate of drug-likeness (QED) is 0.514. The number of para-hydroxylation sites is 1. The monoisotopic (exact) mass is 455 g/mol. The van der Waals surface area contributed by atoms with Gasteiger partial charge in [-0.3, -0.25) is 9.36 Å². The Bertz CT molecular complexity index is 1040. The van der Waals surface area contributed by atoms with Crippen molar-refractivity contribution >= 4 is 35.2 Å². The first-order valence-electron chi connectivity index (χ1n) is 10.5. The van der Waals surface area contributed by atoms with Crippen molar-refractivity contribution in [2.45, 2.75) is 43.1 Å². The van der Waals surface area contributed by atoms with Gasteiger partial charge in [0.15, 0.2) is 5.16 Å². The molecule has 1 fully saturated rings. The summed E-state index contributed by atoms with van der Waals surface area (Å²) in [4.78, 5) is 15.1. The molecule has 1 aromatic heterocycles. The summed E-state index contributed by atoms with van der Waals surface area (Å²) in [5, 5.41) is 12.9. The summed E-state index contributed by atoms with van der Waals surface area (Å²) in [5.74, 6) is 0.733. The van der Waals surface area contributed by atoms with Gasteiger partial charge in [-0.1, -0.05) is 65.8 Å². The van der Waals surface area contributed by atoms with Gasteiger partial charge in [0.05, 0.1) is 22.0 Å². The van der Waals surface area contributed by atoms with E-state index in [1.807, 2.05) is 73.0 Å². The van der Waals surface area contributed by atoms with Crippen LogP contribution in [-0.2, 0) is 4.79 Å². The number of aromatic nitrogens is 3. The maximum atomic E-state index is 12.9. The molecule has 3 aromatic rings. The minimum atomic E-state index is -0.344. The van der Waals surface area contributed by atoms with Gasteiger partial charge in [0.2, 0.25) is 11.9 Å². The van der Waals surface area contributed by atoms with Gasteiger partial charge >= 0.3 is 0 Å². The predicted molar refractivity (Wildman–Crippen MR) is 126 cm³/mol. The smallest absolute Gasteiger partial charge is 0.233 e. The Hall–Kier alpha value is -2.51. The topological polar surface area (TPSA) is 63.1 Å². The van der Waals surface area contributed by atoms with Crippen LogP contribution in [0.25, 0.3) is 5.69 Å². The second-order valence-corrected chi connectivity index (χ2v) is 9.38. The molecule has 2 unspecified atom stereocenters. The van der Waals surface area contributed by atoms with Gasteiger partial charge in [0, 0.05) is 13.1 Å². The second kappa shape index (κ2) is 9.75. The van der Waals surface area contributed by atoms with Crippen molar-refractivity contribution in [2.75, 3.05) is 18.0 Å². The molecule has 31 heavy (non-hydrogen) atoms. The molecule has 2 heterocycles. The Kier molecular flexibility index (Phi) is 6.83. The zero-order chi connectivity index (χ0) is 21.8. The van der Waals surface area contributed by atoms with E-state index in [1.54, 1.807) is 0 Å². The highest BCUT2D eigenvalue weighted by molar-refractivity contribution is 8.00. The summed E-state index contributed by atoms with van der Waals surface area (Å²) in [6.45, 7) is 5.76. The van der Waals surface area contributed by atoms with Crippen LogP contribution >= 0.6 is 23.4 Å². The number of carbonyl (C=O) groups excluding carboxylic acids is 1. The molecule has 2 aromatic carbocycles. The van der Waals surface area contributed by atoms with Gasteiger partial charge in [0.25, 0.3) is 0 Å². The first-order valence-corrected chi connectivity index (χ1v) is 11.8. The molecule has 162 valence electrons. The maximum absolute atomic E-state index is 12.9. The molecule has 1 amide bonds. The van der Waals surface area contributed by atoms with Crippen LogP contribution < -0.4 is 10.2 Å². The molecule has 0 spiro atoms. The van der Waals surface area contributed by atoms with Crippen LogP contribution in [0.3, 0.4) is 0 Å². The van der Waals surface area contributed by atoms with E-state index in [0.29, 0.717) is 10.2 Å². The molecule has 0 bridgehead atoms.